The average molecular weight is 461 g/mol. The van der Waals surface area contributed by atoms with Crippen LogP contribution in [0.5, 0.6) is 0 Å². The predicted octanol–water partition coefficient (Wildman–Crippen LogP) is 5.58. The number of hydrogen-bond donors (Lipinski definition) is 0. The molecule has 160 valence electrons. The number of hydrogen-bond acceptors (Lipinski definition) is 4. The topological polar surface area (TPSA) is 51.0 Å². The van der Waals surface area contributed by atoms with E-state index in [-0.39, 0.29) is 11.7 Å². The van der Waals surface area contributed by atoms with Crippen LogP contribution in [0.15, 0.2) is 78.0 Å². The molecule has 5 rings (SSSR count). The van der Waals surface area contributed by atoms with Crippen molar-refractivity contribution in [1.29, 1.82) is 0 Å². The van der Waals surface area contributed by atoms with E-state index in [4.69, 9.17) is 11.6 Å². The van der Waals surface area contributed by atoms with Gasteiger partial charge < -0.3 is 4.90 Å². The van der Waals surface area contributed by atoms with Crippen LogP contribution < -0.4 is 4.90 Å². The van der Waals surface area contributed by atoms with Crippen LogP contribution in [0.1, 0.15) is 11.1 Å². The number of rotatable bonds is 5. The molecular weight excluding hydrogens is 440 g/mol. The minimum absolute atomic E-state index is 0.0673. The summed E-state index contributed by atoms with van der Waals surface area (Å²) in [6, 6.07) is 23.9. The van der Waals surface area contributed by atoms with E-state index in [9.17, 15) is 4.79 Å². The van der Waals surface area contributed by atoms with Gasteiger partial charge in [0, 0.05) is 22.8 Å². The number of thioether (sulfide) groups is 1. The summed E-state index contributed by atoms with van der Waals surface area (Å²) in [5.74, 6) is 1.06. The quantitative estimate of drug-likeness (QED) is 0.365. The van der Waals surface area contributed by atoms with Crippen molar-refractivity contribution in [2.24, 2.45) is 0 Å². The first-order chi connectivity index (χ1) is 15.6. The fraction of sp³-hybridized carbons (Fsp3) is 0.160. The molecule has 0 N–H and O–H groups in total. The first-order valence-electron chi connectivity index (χ1n) is 10.4. The first kappa shape index (κ1) is 20.8. The van der Waals surface area contributed by atoms with Crippen LogP contribution in [-0.4, -0.2) is 33.0 Å². The SMILES string of the molecule is Cc1ccc(-n2c(SCC(=O)N3CCc4ccccc43)nnc2-c2ccccc2)cc1Cl. The molecule has 0 unspecified atom stereocenters. The summed E-state index contributed by atoms with van der Waals surface area (Å²) in [6.45, 7) is 2.69. The molecule has 0 atom stereocenters. The van der Waals surface area contributed by atoms with E-state index in [0.29, 0.717) is 22.5 Å². The fourth-order valence-electron chi connectivity index (χ4n) is 3.89. The highest BCUT2D eigenvalue weighted by atomic mass is 35.5. The summed E-state index contributed by atoms with van der Waals surface area (Å²) in [5.41, 5.74) is 5.04. The van der Waals surface area contributed by atoms with Gasteiger partial charge in [0.15, 0.2) is 11.0 Å². The number of carbonyl (C=O) groups is 1. The number of aromatic nitrogens is 3. The molecule has 2 heterocycles. The summed E-state index contributed by atoms with van der Waals surface area (Å²) in [4.78, 5) is 14.9. The molecule has 0 saturated carbocycles. The maximum atomic E-state index is 13.0. The molecule has 1 aliphatic heterocycles. The first-order valence-corrected chi connectivity index (χ1v) is 11.8. The molecule has 1 aromatic heterocycles. The van der Waals surface area contributed by atoms with E-state index in [1.54, 1.807) is 0 Å². The van der Waals surface area contributed by atoms with Crippen molar-refractivity contribution in [3.05, 3.63) is 88.9 Å². The Kier molecular flexibility index (Phi) is 5.72. The molecule has 0 spiro atoms. The Morgan fingerprint density at radius 2 is 1.81 bits per heavy atom. The van der Waals surface area contributed by atoms with Crippen LogP contribution in [-0.2, 0) is 11.2 Å². The summed E-state index contributed by atoms with van der Waals surface area (Å²) in [7, 11) is 0. The van der Waals surface area contributed by atoms with Gasteiger partial charge in [-0.15, -0.1) is 10.2 Å². The van der Waals surface area contributed by atoms with E-state index in [1.165, 1.54) is 17.3 Å². The number of benzene rings is 3. The molecule has 32 heavy (non-hydrogen) atoms. The number of amides is 1. The Balaban J connectivity index is 1.46. The van der Waals surface area contributed by atoms with Crippen molar-refractivity contribution < 1.29 is 4.79 Å². The lowest BCUT2D eigenvalue weighted by atomic mass is 10.2. The van der Waals surface area contributed by atoms with Crippen LogP contribution >= 0.6 is 23.4 Å². The Labute approximate surface area is 196 Å². The summed E-state index contributed by atoms with van der Waals surface area (Å²) in [5, 5.41) is 10.2. The summed E-state index contributed by atoms with van der Waals surface area (Å²) < 4.78 is 1.97. The largest absolute Gasteiger partial charge is 0.311 e. The Hall–Kier alpha value is -3.09. The van der Waals surface area contributed by atoms with Crippen molar-refractivity contribution in [2.75, 3.05) is 17.2 Å². The maximum absolute atomic E-state index is 13.0. The fourth-order valence-corrected chi connectivity index (χ4v) is 4.90. The monoisotopic (exact) mass is 460 g/mol. The molecule has 1 amide bonds. The van der Waals surface area contributed by atoms with Gasteiger partial charge in [-0.05, 0) is 42.7 Å². The lowest BCUT2D eigenvalue weighted by molar-refractivity contribution is -0.116. The normalized spacial score (nSPS) is 12.8. The second-order valence-electron chi connectivity index (χ2n) is 7.65. The van der Waals surface area contributed by atoms with Gasteiger partial charge in [-0.25, -0.2) is 0 Å². The van der Waals surface area contributed by atoms with Gasteiger partial charge in [-0.3, -0.25) is 9.36 Å². The van der Waals surface area contributed by atoms with Crippen LogP contribution in [0.25, 0.3) is 17.1 Å². The Bertz CT molecular complexity index is 1290. The molecule has 1 aliphatic rings. The van der Waals surface area contributed by atoms with Gasteiger partial charge in [0.25, 0.3) is 0 Å². The number of halogens is 1. The third-order valence-electron chi connectivity index (χ3n) is 5.59. The molecule has 0 fully saturated rings. The lowest BCUT2D eigenvalue weighted by Gasteiger charge is -2.17. The van der Waals surface area contributed by atoms with Gasteiger partial charge in [-0.1, -0.05) is 78.0 Å². The van der Waals surface area contributed by atoms with E-state index in [1.807, 2.05) is 83.1 Å². The number of aryl methyl sites for hydroxylation is 1. The number of fused-ring (bicyclic) bond motifs is 1. The predicted molar refractivity (Wildman–Crippen MR) is 130 cm³/mol. The standard InChI is InChI=1S/C25H21ClN4OS/c1-17-11-12-20(15-21(17)26)30-24(19-8-3-2-4-9-19)27-28-25(30)32-16-23(31)29-14-13-18-7-5-6-10-22(18)29/h2-12,15H,13-14,16H2,1H3. The summed E-state index contributed by atoms with van der Waals surface area (Å²) >= 11 is 7.81. The summed E-state index contributed by atoms with van der Waals surface area (Å²) in [6.07, 6.45) is 0.892. The van der Waals surface area contributed by atoms with Crippen LogP contribution in [0.3, 0.4) is 0 Å². The van der Waals surface area contributed by atoms with Gasteiger partial charge in [0.2, 0.25) is 5.91 Å². The van der Waals surface area contributed by atoms with Crippen molar-refractivity contribution in [2.45, 2.75) is 18.5 Å². The zero-order valence-corrected chi connectivity index (χ0v) is 19.1. The van der Waals surface area contributed by atoms with Crippen molar-refractivity contribution in [1.82, 2.24) is 14.8 Å². The highest BCUT2D eigenvalue weighted by Crippen LogP contribution is 2.32. The minimum atomic E-state index is 0.0673. The van der Waals surface area contributed by atoms with Crippen molar-refractivity contribution >= 4 is 35.0 Å². The molecule has 4 aromatic rings. The number of para-hydroxylation sites is 1. The van der Waals surface area contributed by atoms with Crippen molar-refractivity contribution in [3.8, 4) is 17.1 Å². The van der Waals surface area contributed by atoms with Gasteiger partial charge >= 0.3 is 0 Å². The highest BCUT2D eigenvalue weighted by molar-refractivity contribution is 7.99. The van der Waals surface area contributed by atoms with E-state index in [0.717, 1.165) is 28.9 Å². The molecule has 0 radical (unpaired) electrons. The second kappa shape index (κ2) is 8.81. The molecule has 3 aromatic carbocycles. The molecule has 0 saturated heterocycles. The van der Waals surface area contributed by atoms with E-state index < -0.39 is 0 Å². The number of carbonyl (C=O) groups excluding carboxylic acids is 1. The molecule has 5 nitrogen and oxygen atoms in total. The Morgan fingerprint density at radius 3 is 2.62 bits per heavy atom. The van der Waals surface area contributed by atoms with Gasteiger partial charge in [0.05, 0.1) is 11.4 Å². The van der Waals surface area contributed by atoms with E-state index >= 15 is 0 Å². The smallest absolute Gasteiger partial charge is 0.237 e. The van der Waals surface area contributed by atoms with Crippen molar-refractivity contribution in [3.63, 3.8) is 0 Å². The number of anilines is 1. The molecular formula is C25H21ClN4OS. The lowest BCUT2D eigenvalue weighted by Crippen LogP contribution is -2.30. The second-order valence-corrected chi connectivity index (χ2v) is 9.00. The minimum Gasteiger partial charge on any atom is -0.311 e. The Morgan fingerprint density at radius 1 is 1.03 bits per heavy atom. The third kappa shape index (κ3) is 3.92. The molecule has 0 bridgehead atoms. The van der Waals surface area contributed by atoms with Gasteiger partial charge in [0.1, 0.15) is 0 Å². The highest BCUT2D eigenvalue weighted by Gasteiger charge is 2.25. The zero-order chi connectivity index (χ0) is 22.1. The molecule has 0 aliphatic carbocycles. The van der Waals surface area contributed by atoms with Crippen LogP contribution in [0, 0.1) is 6.92 Å². The number of nitrogens with zero attached hydrogens (tertiary/aromatic N) is 4. The zero-order valence-electron chi connectivity index (χ0n) is 17.5. The maximum Gasteiger partial charge on any atom is 0.237 e. The molecule has 7 heteroatoms. The van der Waals surface area contributed by atoms with Crippen LogP contribution in [0.4, 0.5) is 5.69 Å². The van der Waals surface area contributed by atoms with Crippen LogP contribution in [0.2, 0.25) is 5.02 Å². The third-order valence-corrected chi connectivity index (χ3v) is 6.91. The van der Waals surface area contributed by atoms with Gasteiger partial charge in [-0.2, -0.15) is 0 Å². The van der Waals surface area contributed by atoms with E-state index in [2.05, 4.69) is 16.3 Å². The average Bonchev–Trinajstić information content (AvgIpc) is 3.44.